The highest BCUT2D eigenvalue weighted by Gasteiger charge is 2.08. The summed E-state index contributed by atoms with van der Waals surface area (Å²) in [6.45, 7) is 0.475. The number of amides is 1. The number of carbonyl (C=O) groups excluding carboxylic acids is 1. The van der Waals surface area contributed by atoms with E-state index in [1.807, 2.05) is 40.8 Å². The third-order valence-corrected chi connectivity index (χ3v) is 5.68. The van der Waals surface area contributed by atoms with E-state index in [1.54, 1.807) is 6.07 Å². The Hall–Kier alpha value is 0.660. The van der Waals surface area contributed by atoms with E-state index in [2.05, 4.69) is 43.8 Å². The van der Waals surface area contributed by atoms with E-state index < -0.39 is 0 Å². The second-order valence-corrected chi connectivity index (χ2v) is 7.76. The van der Waals surface area contributed by atoms with E-state index in [1.165, 1.54) is 0 Å². The first kappa shape index (κ1) is 14.7. The quantitative estimate of drug-likeness (QED) is 0.460. The van der Waals surface area contributed by atoms with Gasteiger partial charge in [0.15, 0.2) is 0 Å². The SMILES string of the molecule is O=C(NCc1cccc(Cl)c1)C(I)=C(Br)I. The van der Waals surface area contributed by atoms with Gasteiger partial charge in [-0.25, -0.2) is 0 Å². The molecule has 0 fully saturated rings. The Kier molecular flexibility index (Phi) is 6.60. The number of rotatable bonds is 3. The van der Waals surface area contributed by atoms with Crippen LogP contribution in [0.4, 0.5) is 0 Å². The van der Waals surface area contributed by atoms with Gasteiger partial charge in [0.25, 0.3) is 5.91 Å². The number of benzene rings is 1. The van der Waals surface area contributed by atoms with Crippen LogP contribution in [-0.2, 0) is 11.3 Å². The molecule has 0 saturated heterocycles. The largest absolute Gasteiger partial charge is 0.348 e. The predicted molar refractivity (Wildman–Crippen MR) is 87.3 cm³/mol. The van der Waals surface area contributed by atoms with Gasteiger partial charge in [-0.05, 0) is 78.8 Å². The van der Waals surface area contributed by atoms with Crippen LogP contribution in [0.15, 0.2) is 30.3 Å². The molecule has 1 rings (SSSR count). The molecule has 0 radical (unpaired) electrons. The lowest BCUT2D eigenvalue weighted by Gasteiger charge is -2.05. The van der Waals surface area contributed by atoms with Crippen LogP contribution in [0.25, 0.3) is 0 Å². The minimum atomic E-state index is -0.0955. The second-order valence-electron chi connectivity index (χ2n) is 2.89. The Morgan fingerprint density at radius 1 is 1.44 bits per heavy atom. The average molecular weight is 526 g/mol. The lowest BCUT2D eigenvalue weighted by Crippen LogP contribution is -2.22. The van der Waals surface area contributed by atoms with Gasteiger partial charge in [-0.3, -0.25) is 4.79 Å². The van der Waals surface area contributed by atoms with Crippen molar-refractivity contribution in [2.45, 2.75) is 6.54 Å². The molecule has 86 valence electrons. The number of halogens is 4. The standard InChI is InChI=1S/C10H7BrClI2NO/c11-9(14)8(13)10(16)15-5-6-2-1-3-7(12)4-6/h1-4H,5H2,(H,15,16). The summed E-state index contributed by atoms with van der Waals surface area (Å²) in [6, 6.07) is 7.41. The van der Waals surface area contributed by atoms with Crippen molar-refractivity contribution < 1.29 is 4.79 Å². The van der Waals surface area contributed by atoms with Crippen LogP contribution in [0.2, 0.25) is 5.02 Å². The summed E-state index contributed by atoms with van der Waals surface area (Å²) in [6.07, 6.45) is 0. The first-order chi connectivity index (χ1) is 7.50. The minimum absolute atomic E-state index is 0.0955. The highest BCUT2D eigenvalue weighted by Crippen LogP contribution is 2.24. The number of nitrogens with one attached hydrogen (secondary N) is 1. The summed E-state index contributed by atoms with van der Waals surface area (Å²) in [7, 11) is 0. The van der Waals surface area contributed by atoms with Crippen LogP contribution < -0.4 is 5.32 Å². The lowest BCUT2D eigenvalue weighted by atomic mass is 10.2. The van der Waals surface area contributed by atoms with E-state index in [0.717, 1.165) is 8.05 Å². The zero-order valence-corrected chi connectivity index (χ0v) is 14.6. The van der Waals surface area contributed by atoms with Gasteiger partial charge in [-0.15, -0.1) is 0 Å². The molecule has 0 aromatic heterocycles. The summed E-state index contributed by atoms with van der Waals surface area (Å²) in [5, 5.41) is 3.48. The fourth-order valence-corrected chi connectivity index (χ4v) is 1.82. The van der Waals surface area contributed by atoms with Crippen molar-refractivity contribution in [2.75, 3.05) is 0 Å². The monoisotopic (exact) mass is 525 g/mol. The molecule has 0 atom stereocenters. The molecule has 0 saturated carbocycles. The molecule has 0 spiro atoms. The Bertz CT molecular complexity index is 433. The van der Waals surface area contributed by atoms with Gasteiger partial charge >= 0.3 is 0 Å². The van der Waals surface area contributed by atoms with Crippen molar-refractivity contribution in [3.8, 4) is 0 Å². The number of hydrogen-bond acceptors (Lipinski definition) is 1. The molecule has 6 heteroatoms. The summed E-state index contributed by atoms with van der Waals surface area (Å²) in [4.78, 5) is 11.6. The summed E-state index contributed by atoms with van der Waals surface area (Å²) < 4.78 is 1.44. The van der Waals surface area contributed by atoms with E-state index in [-0.39, 0.29) is 5.91 Å². The van der Waals surface area contributed by atoms with E-state index in [0.29, 0.717) is 15.1 Å². The zero-order valence-electron chi connectivity index (χ0n) is 7.94. The van der Waals surface area contributed by atoms with Crippen LogP contribution in [0, 0.1) is 0 Å². The van der Waals surface area contributed by atoms with Crippen molar-refractivity contribution in [1.82, 2.24) is 5.32 Å². The molecule has 0 aliphatic carbocycles. The molecule has 16 heavy (non-hydrogen) atoms. The predicted octanol–water partition coefficient (Wildman–Crippen LogP) is 4.39. The topological polar surface area (TPSA) is 29.1 Å². The molecule has 1 N–H and O–H groups in total. The number of carbonyl (C=O) groups is 1. The van der Waals surface area contributed by atoms with Gasteiger partial charge in [-0.1, -0.05) is 23.7 Å². The molecule has 2 nitrogen and oxygen atoms in total. The van der Waals surface area contributed by atoms with Crippen LogP contribution in [0.5, 0.6) is 0 Å². The van der Waals surface area contributed by atoms with Crippen molar-refractivity contribution in [3.63, 3.8) is 0 Å². The average Bonchev–Trinajstić information content (AvgIpc) is 2.24. The normalized spacial score (nSPS) is 12.0. The molecule has 0 aliphatic heterocycles. The summed E-state index contributed by atoms with van der Waals surface area (Å²) in [5.41, 5.74) is 0.981. The maximum atomic E-state index is 11.6. The van der Waals surface area contributed by atoms with Gasteiger partial charge in [0, 0.05) is 11.6 Å². The fraction of sp³-hybridized carbons (Fsp3) is 0.100. The molecule has 1 aromatic carbocycles. The molecular weight excluding hydrogens is 519 g/mol. The molecule has 0 aliphatic rings. The number of hydrogen-bond donors (Lipinski definition) is 1. The van der Waals surface area contributed by atoms with Crippen molar-refractivity contribution in [2.24, 2.45) is 0 Å². The fourth-order valence-electron chi connectivity index (χ4n) is 0.993. The summed E-state index contributed by atoms with van der Waals surface area (Å²) >= 11 is 13.1. The molecule has 0 heterocycles. The molecule has 0 bridgehead atoms. The highest BCUT2D eigenvalue weighted by atomic mass is 127. The third kappa shape index (κ3) is 4.89. The van der Waals surface area contributed by atoms with E-state index in [9.17, 15) is 4.79 Å². The molecular formula is C10H7BrClI2NO. The van der Waals surface area contributed by atoms with Gasteiger partial charge < -0.3 is 5.32 Å². The van der Waals surface area contributed by atoms with Crippen LogP contribution in [0.1, 0.15) is 5.56 Å². The van der Waals surface area contributed by atoms with Crippen molar-refractivity contribution in [1.29, 1.82) is 0 Å². The Balaban J connectivity index is 2.59. The molecule has 0 unspecified atom stereocenters. The molecule has 1 aromatic rings. The van der Waals surface area contributed by atoms with E-state index in [4.69, 9.17) is 11.6 Å². The van der Waals surface area contributed by atoms with Gasteiger partial charge in [-0.2, -0.15) is 0 Å². The van der Waals surface area contributed by atoms with Crippen LogP contribution in [0.3, 0.4) is 0 Å². The van der Waals surface area contributed by atoms with Crippen molar-refractivity contribution >= 4 is 78.6 Å². The summed E-state index contributed by atoms with van der Waals surface area (Å²) in [5.74, 6) is -0.0955. The lowest BCUT2D eigenvalue weighted by molar-refractivity contribution is -0.116. The van der Waals surface area contributed by atoms with Gasteiger partial charge in [0.2, 0.25) is 0 Å². The van der Waals surface area contributed by atoms with Crippen molar-refractivity contribution in [3.05, 3.63) is 40.9 Å². The van der Waals surface area contributed by atoms with Gasteiger partial charge in [0.1, 0.15) is 0 Å². The van der Waals surface area contributed by atoms with Crippen LogP contribution in [-0.4, -0.2) is 5.91 Å². The third-order valence-electron chi connectivity index (χ3n) is 1.71. The Morgan fingerprint density at radius 2 is 2.12 bits per heavy atom. The maximum Gasteiger partial charge on any atom is 0.259 e. The molecule has 1 amide bonds. The zero-order chi connectivity index (χ0) is 12.1. The van der Waals surface area contributed by atoms with Crippen LogP contribution >= 0.6 is 72.7 Å². The smallest absolute Gasteiger partial charge is 0.259 e. The first-order valence-electron chi connectivity index (χ1n) is 4.24. The van der Waals surface area contributed by atoms with E-state index >= 15 is 0 Å². The maximum absolute atomic E-state index is 11.6. The minimum Gasteiger partial charge on any atom is -0.348 e. The Labute approximate surface area is 135 Å². The highest BCUT2D eigenvalue weighted by molar-refractivity contribution is 14.1. The Morgan fingerprint density at radius 3 is 2.69 bits per heavy atom. The first-order valence-corrected chi connectivity index (χ1v) is 7.57. The van der Waals surface area contributed by atoms with Gasteiger partial charge in [0.05, 0.1) is 6.07 Å². The second kappa shape index (κ2) is 7.17.